The number of nitrogens with one attached hydrogen (secondary N) is 4. The van der Waals surface area contributed by atoms with E-state index in [-0.39, 0.29) is 55.0 Å². The van der Waals surface area contributed by atoms with Gasteiger partial charge in [0.2, 0.25) is 11.8 Å². The number of aromatic amines is 2. The predicted octanol–water partition coefficient (Wildman–Crippen LogP) is 7.18. The van der Waals surface area contributed by atoms with Crippen LogP contribution in [0.4, 0.5) is 9.59 Å². The predicted molar refractivity (Wildman–Crippen MR) is 245 cm³/mol. The monoisotopic (exact) mass is 895 g/mol. The summed E-state index contributed by atoms with van der Waals surface area (Å²) in [6, 6.07) is 11.2. The van der Waals surface area contributed by atoms with Crippen molar-refractivity contribution in [1.82, 2.24) is 40.4 Å². The van der Waals surface area contributed by atoms with Gasteiger partial charge in [-0.25, -0.2) is 19.6 Å². The van der Waals surface area contributed by atoms with E-state index in [1.807, 2.05) is 40.8 Å². The molecular weight excluding hydrogens is 829 g/mol. The van der Waals surface area contributed by atoms with Gasteiger partial charge in [-0.15, -0.1) is 0 Å². The highest BCUT2D eigenvalue weighted by molar-refractivity contribution is 5.87. The molecule has 0 saturated carbocycles. The number of imidazole rings is 2. The van der Waals surface area contributed by atoms with Crippen molar-refractivity contribution in [2.24, 2.45) is 11.8 Å². The number of methoxy groups -OCH3 is 2. The summed E-state index contributed by atoms with van der Waals surface area (Å²) in [5, 5.41) is 5.66. The van der Waals surface area contributed by atoms with Crippen LogP contribution >= 0.6 is 0 Å². The van der Waals surface area contributed by atoms with Gasteiger partial charge < -0.3 is 49.3 Å². The number of amides is 4. The third-order valence-corrected chi connectivity index (χ3v) is 13.4. The van der Waals surface area contributed by atoms with Crippen molar-refractivity contribution in [3.05, 3.63) is 71.6 Å². The molecule has 2 saturated heterocycles. The summed E-state index contributed by atoms with van der Waals surface area (Å²) < 4.78 is 21.3. The van der Waals surface area contributed by atoms with Gasteiger partial charge in [0.1, 0.15) is 23.7 Å². The number of nitrogens with zero attached hydrogens (tertiary/aromatic N) is 4. The largest absolute Gasteiger partial charge is 0.453 e. The van der Waals surface area contributed by atoms with E-state index in [9.17, 15) is 19.2 Å². The summed E-state index contributed by atoms with van der Waals surface area (Å²) in [6.45, 7) is 12.2. The summed E-state index contributed by atoms with van der Waals surface area (Å²) in [5.74, 6) is 0.878. The number of carbonyl (C=O) groups is 4. The van der Waals surface area contributed by atoms with E-state index >= 15 is 0 Å². The number of alkyl carbamates (subject to hydrolysis) is 2. The topological polar surface area (TPSA) is 193 Å². The molecule has 0 bridgehead atoms. The van der Waals surface area contributed by atoms with Crippen LogP contribution in [0, 0.1) is 11.8 Å². The highest BCUT2D eigenvalue weighted by Gasteiger charge is 2.39. The molecule has 350 valence electrons. The lowest BCUT2D eigenvalue weighted by atomic mass is 9.79. The van der Waals surface area contributed by atoms with Crippen molar-refractivity contribution in [2.45, 2.75) is 129 Å². The average Bonchev–Trinajstić information content (AvgIpc) is 3.98. The van der Waals surface area contributed by atoms with E-state index in [0.29, 0.717) is 57.1 Å². The van der Waals surface area contributed by atoms with Crippen LogP contribution in [0.2, 0.25) is 0 Å². The maximum absolute atomic E-state index is 14.2. The lowest BCUT2D eigenvalue weighted by Crippen LogP contribution is -2.55. The first-order valence-corrected chi connectivity index (χ1v) is 23.3. The van der Waals surface area contributed by atoms with E-state index in [1.165, 1.54) is 30.9 Å². The Kier molecular flexibility index (Phi) is 15.6. The lowest BCUT2D eigenvalue weighted by molar-refractivity contribution is -0.139. The molecule has 7 rings (SSSR count). The Morgan fingerprint density at radius 2 is 1.26 bits per heavy atom. The smallest absolute Gasteiger partial charge is 0.407 e. The zero-order valence-corrected chi connectivity index (χ0v) is 38.9. The molecule has 0 radical (unpaired) electrons. The van der Waals surface area contributed by atoms with Crippen LogP contribution in [0.15, 0.2) is 48.8 Å². The molecule has 2 aromatic heterocycles. The molecule has 2 unspecified atom stereocenters. The Bertz CT molecular complexity index is 2270. The first-order chi connectivity index (χ1) is 31.4. The van der Waals surface area contributed by atoms with Crippen molar-refractivity contribution >= 4 is 24.0 Å². The van der Waals surface area contributed by atoms with Crippen LogP contribution in [0.3, 0.4) is 0 Å². The summed E-state index contributed by atoms with van der Waals surface area (Å²) in [7, 11) is 2.62. The lowest BCUT2D eigenvalue weighted by Gasteiger charge is -2.37. The number of carbonyl (C=O) groups excluding carboxylic acids is 4. The molecule has 3 aliphatic rings. The average molecular weight is 895 g/mol. The second-order valence-corrected chi connectivity index (χ2v) is 17.8. The highest BCUT2D eigenvalue weighted by atomic mass is 16.5. The summed E-state index contributed by atoms with van der Waals surface area (Å²) >= 11 is 0. The standard InChI is InChI=1S/C49H66N8O8/c1-8-20-56(46(58)44(54-48(60)62-6)34-18-21-64-30(4)23-34)27-42-51-26-41(53-42)39-17-14-36(37-15-16-38(37)39)32-10-12-33(13-11-32)40-25-50-43(52-40)28-57(29(3)9-2)47(59)45(55-49(61)63-7)35-19-22-65-31(5)24-35/h10-14,17,25-26,29-31,34-35,44-45H,8-9,15-16,18-24,27-28H2,1-7H3,(H,50,52)(H,51,53)(H,54,60)(H,55,61)/t29-,30+,31+,34?,35?,44-,45-/m0/s1. The fraction of sp³-hybridized carbons (Fsp3) is 0.551. The molecule has 2 aromatic carbocycles. The fourth-order valence-corrected chi connectivity index (χ4v) is 9.59. The van der Waals surface area contributed by atoms with E-state index in [2.05, 4.69) is 57.0 Å². The van der Waals surface area contributed by atoms with Gasteiger partial charge in [-0.05, 0) is 112 Å². The summed E-state index contributed by atoms with van der Waals surface area (Å²) in [5.41, 5.74) is 8.72. The molecule has 7 atom stereocenters. The molecule has 0 spiro atoms. The number of H-pyrrole nitrogens is 2. The molecule has 2 aliphatic heterocycles. The van der Waals surface area contributed by atoms with Crippen LogP contribution in [-0.2, 0) is 54.5 Å². The second kappa shape index (κ2) is 21.5. The highest BCUT2D eigenvalue weighted by Crippen LogP contribution is 2.40. The molecule has 1 aliphatic carbocycles. The summed E-state index contributed by atoms with van der Waals surface area (Å²) in [4.78, 5) is 73.1. The van der Waals surface area contributed by atoms with Crippen LogP contribution in [0.25, 0.3) is 33.6 Å². The zero-order chi connectivity index (χ0) is 46.2. The van der Waals surface area contributed by atoms with Gasteiger partial charge in [0, 0.05) is 31.4 Å². The Morgan fingerprint density at radius 1 is 0.738 bits per heavy atom. The first kappa shape index (κ1) is 47.2. The Hall–Kier alpha value is -5.74. The number of fused-ring (bicyclic) bond motifs is 1. The van der Waals surface area contributed by atoms with Gasteiger partial charge in [-0.3, -0.25) is 9.59 Å². The van der Waals surface area contributed by atoms with Gasteiger partial charge in [-0.1, -0.05) is 50.2 Å². The van der Waals surface area contributed by atoms with Gasteiger partial charge in [0.15, 0.2) is 0 Å². The minimum atomic E-state index is -0.740. The van der Waals surface area contributed by atoms with Crippen molar-refractivity contribution in [1.29, 1.82) is 0 Å². The molecule has 2 fully saturated rings. The van der Waals surface area contributed by atoms with Gasteiger partial charge in [0.25, 0.3) is 0 Å². The Balaban J connectivity index is 1.03. The normalized spacial score (nSPS) is 20.6. The first-order valence-electron chi connectivity index (χ1n) is 23.3. The van der Waals surface area contributed by atoms with Crippen LogP contribution in [-0.4, -0.2) is 118 Å². The molecular formula is C49H66N8O8. The van der Waals surface area contributed by atoms with Crippen molar-refractivity contribution in [3.63, 3.8) is 0 Å². The van der Waals surface area contributed by atoms with Crippen LogP contribution in [0.5, 0.6) is 0 Å². The molecule has 4 amide bonds. The fourth-order valence-electron chi connectivity index (χ4n) is 9.59. The zero-order valence-electron chi connectivity index (χ0n) is 38.9. The molecule has 4 N–H and O–H groups in total. The van der Waals surface area contributed by atoms with Crippen molar-refractivity contribution in [2.75, 3.05) is 34.0 Å². The van der Waals surface area contributed by atoms with E-state index in [1.54, 1.807) is 16.0 Å². The quantitative estimate of drug-likeness (QED) is 0.0844. The van der Waals surface area contributed by atoms with Gasteiger partial charge in [0.05, 0.1) is 63.3 Å². The van der Waals surface area contributed by atoms with Gasteiger partial charge in [-0.2, -0.15) is 0 Å². The number of aromatic nitrogens is 4. The van der Waals surface area contributed by atoms with Crippen molar-refractivity contribution < 1.29 is 38.1 Å². The molecule has 16 nitrogen and oxygen atoms in total. The third kappa shape index (κ3) is 11.0. The molecule has 65 heavy (non-hydrogen) atoms. The molecule has 4 aromatic rings. The number of rotatable bonds is 17. The maximum atomic E-state index is 14.2. The molecule has 4 heterocycles. The second-order valence-electron chi connectivity index (χ2n) is 17.8. The van der Waals surface area contributed by atoms with E-state index in [0.717, 1.165) is 53.8 Å². The molecule has 16 heteroatoms. The number of ether oxygens (including phenoxy) is 4. The van der Waals surface area contributed by atoms with E-state index < -0.39 is 24.3 Å². The van der Waals surface area contributed by atoms with Gasteiger partial charge >= 0.3 is 12.2 Å². The maximum Gasteiger partial charge on any atom is 0.407 e. The minimum Gasteiger partial charge on any atom is -0.453 e. The van der Waals surface area contributed by atoms with Crippen molar-refractivity contribution in [3.8, 4) is 33.6 Å². The third-order valence-electron chi connectivity index (χ3n) is 13.4. The number of hydrogen-bond donors (Lipinski definition) is 4. The van der Waals surface area contributed by atoms with Crippen LogP contribution < -0.4 is 10.6 Å². The SMILES string of the molecule is CCCN(Cc1ncc(-c2ccc(-c3ccc(-c4cnc(CN(C(=O)[C@@H](NC(=O)OC)C5CCO[C@H](C)C5)[C@@H](C)CC)[nH]4)cc3)c3c2CC3)[nH]1)C(=O)[C@@H](NC(=O)OC)C1CCO[C@H](C)C1. The number of hydrogen-bond acceptors (Lipinski definition) is 10. The van der Waals surface area contributed by atoms with E-state index in [4.69, 9.17) is 28.9 Å². The Morgan fingerprint density at radius 3 is 1.82 bits per heavy atom. The Labute approximate surface area is 381 Å². The minimum absolute atomic E-state index is 0.000996. The van der Waals surface area contributed by atoms with Crippen LogP contribution in [0.1, 0.15) is 95.9 Å². The summed E-state index contributed by atoms with van der Waals surface area (Å²) in [6.07, 6.45) is 8.47. The number of benzene rings is 2.